The summed E-state index contributed by atoms with van der Waals surface area (Å²) in [6, 6.07) is 6.42. The summed E-state index contributed by atoms with van der Waals surface area (Å²) >= 11 is 0. The van der Waals surface area contributed by atoms with Crippen LogP contribution in [0.1, 0.15) is 18.9 Å². The molecule has 1 aromatic rings. The molecular formula is C19H33IN4O3. The fourth-order valence-corrected chi connectivity index (χ4v) is 3.08. The van der Waals surface area contributed by atoms with Crippen molar-refractivity contribution in [3.63, 3.8) is 0 Å². The van der Waals surface area contributed by atoms with Crippen LogP contribution in [-0.4, -0.2) is 71.0 Å². The van der Waals surface area contributed by atoms with Gasteiger partial charge in [0, 0.05) is 51.9 Å². The highest BCUT2D eigenvalue weighted by Crippen LogP contribution is 2.24. The average molecular weight is 492 g/mol. The van der Waals surface area contributed by atoms with Crippen LogP contribution < -0.4 is 20.1 Å². The van der Waals surface area contributed by atoms with Gasteiger partial charge in [-0.1, -0.05) is 0 Å². The molecule has 154 valence electrons. The van der Waals surface area contributed by atoms with E-state index >= 15 is 0 Å². The number of nitrogens with one attached hydrogen (secondary N) is 2. The first-order valence-corrected chi connectivity index (χ1v) is 9.17. The summed E-state index contributed by atoms with van der Waals surface area (Å²) in [5, 5.41) is 6.78. The van der Waals surface area contributed by atoms with Gasteiger partial charge in [0.25, 0.3) is 0 Å². The van der Waals surface area contributed by atoms with Gasteiger partial charge >= 0.3 is 0 Å². The molecule has 1 fully saturated rings. The van der Waals surface area contributed by atoms with Crippen LogP contribution in [0.15, 0.2) is 23.2 Å². The van der Waals surface area contributed by atoms with Gasteiger partial charge in [-0.2, -0.15) is 0 Å². The van der Waals surface area contributed by atoms with E-state index in [2.05, 4.69) is 32.7 Å². The minimum absolute atomic E-state index is 0. The molecule has 8 heteroatoms. The third kappa shape index (κ3) is 8.10. The molecule has 0 radical (unpaired) electrons. The Labute approximate surface area is 179 Å². The summed E-state index contributed by atoms with van der Waals surface area (Å²) in [7, 11) is 5.16. The lowest BCUT2D eigenvalue weighted by atomic mass is 10.2. The number of methoxy groups -OCH3 is 2. The van der Waals surface area contributed by atoms with Crippen LogP contribution >= 0.6 is 24.0 Å². The summed E-state index contributed by atoms with van der Waals surface area (Å²) in [6.45, 7) is 7.08. The van der Waals surface area contributed by atoms with Crippen molar-refractivity contribution in [3.8, 4) is 11.5 Å². The molecule has 2 N–H and O–H groups in total. The van der Waals surface area contributed by atoms with Gasteiger partial charge in [0.2, 0.25) is 0 Å². The third-order valence-electron chi connectivity index (χ3n) is 4.40. The number of ether oxygens (including phenoxy) is 3. The SMILES string of the molecule is CCOCCNC(=NC)NC1CCN(Cc2cc(OC)cc(OC)c2)C1.I. The summed E-state index contributed by atoms with van der Waals surface area (Å²) in [6.07, 6.45) is 1.09. The van der Waals surface area contributed by atoms with E-state index in [1.54, 1.807) is 21.3 Å². The van der Waals surface area contributed by atoms with Gasteiger partial charge in [-0.25, -0.2) is 0 Å². The maximum atomic E-state index is 5.36. The van der Waals surface area contributed by atoms with E-state index in [9.17, 15) is 0 Å². The zero-order valence-electron chi connectivity index (χ0n) is 16.8. The lowest BCUT2D eigenvalue weighted by Gasteiger charge is -2.19. The second-order valence-electron chi connectivity index (χ2n) is 6.28. The number of rotatable bonds is 9. The van der Waals surface area contributed by atoms with Crippen molar-refractivity contribution in [3.05, 3.63) is 23.8 Å². The van der Waals surface area contributed by atoms with Crippen molar-refractivity contribution >= 4 is 29.9 Å². The minimum Gasteiger partial charge on any atom is -0.497 e. The molecule has 27 heavy (non-hydrogen) atoms. The summed E-state index contributed by atoms with van der Waals surface area (Å²) < 4.78 is 16.1. The molecule has 1 saturated heterocycles. The number of nitrogens with zero attached hydrogens (tertiary/aromatic N) is 2. The van der Waals surface area contributed by atoms with Crippen LogP contribution in [0.3, 0.4) is 0 Å². The van der Waals surface area contributed by atoms with Crippen LogP contribution in [-0.2, 0) is 11.3 Å². The van der Waals surface area contributed by atoms with Gasteiger partial charge in [-0.15, -0.1) is 24.0 Å². The molecule has 1 unspecified atom stereocenters. The van der Waals surface area contributed by atoms with Crippen molar-refractivity contribution < 1.29 is 14.2 Å². The van der Waals surface area contributed by atoms with Crippen LogP contribution in [0.25, 0.3) is 0 Å². The molecule has 0 bridgehead atoms. The van der Waals surface area contributed by atoms with E-state index < -0.39 is 0 Å². The number of halogens is 1. The number of benzene rings is 1. The van der Waals surface area contributed by atoms with E-state index in [4.69, 9.17) is 14.2 Å². The number of likely N-dealkylation sites (tertiary alicyclic amines) is 1. The van der Waals surface area contributed by atoms with Gasteiger partial charge in [-0.05, 0) is 31.0 Å². The standard InChI is InChI=1S/C19H32N4O3.HI/c1-5-26-9-7-21-19(20-2)22-16-6-8-23(14-16)13-15-10-17(24-3)12-18(11-15)25-4;/h10-12,16H,5-9,13-14H2,1-4H3,(H2,20,21,22);1H. The van der Waals surface area contributed by atoms with E-state index in [1.165, 1.54) is 5.56 Å². The molecule has 0 aliphatic carbocycles. The largest absolute Gasteiger partial charge is 0.497 e. The topological polar surface area (TPSA) is 67.4 Å². The van der Waals surface area contributed by atoms with Crippen molar-refractivity contribution in [2.75, 3.05) is 54.1 Å². The Morgan fingerprint density at radius 1 is 1.22 bits per heavy atom. The zero-order chi connectivity index (χ0) is 18.8. The smallest absolute Gasteiger partial charge is 0.191 e. The lowest BCUT2D eigenvalue weighted by Crippen LogP contribution is -2.45. The van der Waals surface area contributed by atoms with Gasteiger partial charge in [0.05, 0.1) is 20.8 Å². The fourth-order valence-electron chi connectivity index (χ4n) is 3.08. The Kier molecular flexibility index (Phi) is 11.5. The molecule has 0 spiro atoms. The molecule has 0 aromatic heterocycles. The first kappa shape index (κ1) is 23.8. The van der Waals surface area contributed by atoms with Gasteiger partial charge in [0.15, 0.2) is 5.96 Å². The molecule has 0 saturated carbocycles. The summed E-state index contributed by atoms with van der Waals surface area (Å²) in [4.78, 5) is 6.72. The molecule has 1 aromatic carbocycles. The average Bonchev–Trinajstić information content (AvgIpc) is 3.10. The van der Waals surface area contributed by atoms with Crippen LogP contribution in [0.2, 0.25) is 0 Å². The Balaban J connectivity index is 0.00000364. The van der Waals surface area contributed by atoms with E-state index in [0.29, 0.717) is 12.6 Å². The maximum absolute atomic E-state index is 5.36. The normalized spacial score (nSPS) is 17.3. The predicted molar refractivity (Wildman–Crippen MR) is 120 cm³/mol. The molecule has 1 aliphatic heterocycles. The molecule has 0 amide bonds. The van der Waals surface area contributed by atoms with Crippen LogP contribution in [0.5, 0.6) is 11.5 Å². The lowest BCUT2D eigenvalue weighted by molar-refractivity contribution is 0.152. The number of aliphatic imine (C=N–C) groups is 1. The number of hydrogen-bond donors (Lipinski definition) is 2. The molecule has 1 aliphatic rings. The Bertz CT molecular complexity index is 564. The Morgan fingerprint density at radius 3 is 2.52 bits per heavy atom. The third-order valence-corrected chi connectivity index (χ3v) is 4.40. The highest BCUT2D eigenvalue weighted by Gasteiger charge is 2.23. The number of hydrogen-bond acceptors (Lipinski definition) is 5. The van der Waals surface area contributed by atoms with Crippen LogP contribution in [0, 0.1) is 0 Å². The fraction of sp³-hybridized carbons (Fsp3) is 0.632. The first-order chi connectivity index (χ1) is 12.7. The first-order valence-electron chi connectivity index (χ1n) is 9.17. The molecule has 7 nitrogen and oxygen atoms in total. The van der Waals surface area contributed by atoms with E-state index in [1.807, 2.05) is 13.0 Å². The van der Waals surface area contributed by atoms with Crippen molar-refractivity contribution in [1.82, 2.24) is 15.5 Å². The van der Waals surface area contributed by atoms with Gasteiger partial charge in [0.1, 0.15) is 11.5 Å². The van der Waals surface area contributed by atoms with Crippen molar-refractivity contribution in [2.45, 2.75) is 25.9 Å². The minimum atomic E-state index is 0. The second kappa shape index (κ2) is 13.0. The van der Waals surface area contributed by atoms with Gasteiger partial charge in [-0.3, -0.25) is 9.89 Å². The summed E-state index contributed by atoms with van der Waals surface area (Å²) in [5.74, 6) is 2.49. The Morgan fingerprint density at radius 2 is 1.93 bits per heavy atom. The highest BCUT2D eigenvalue weighted by atomic mass is 127. The second-order valence-corrected chi connectivity index (χ2v) is 6.28. The predicted octanol–water partition coefficient (Wildman–Crippen LogP) is 2.10. The van der Waals surface area contributed by atoms with E-state index in [0.717, 1.165) is 56.7 Å². The van der Waals surface area contributed by atoms with E-state index in [-0.39, 0.29) is 24.0 Å². The quantitative estimate of drug-likeness (QED) is 0.238. The molecule has 1 atom stereocenters. The van der Waals surface area contributed by atoms with Crippen molar-refractivity contribution in [2.24, 2.45) is 4.99 Å². The molecule has 2 rings (SSSR count). The summed E-state index contributed by atoms with van der Waals surface area (Å²) in [5.41, 5.74) is 1.20. The highest BCUT2D eigenvalue weighted by molar-refractivity contribution is 14.0. The van der Waals surface area contributed by atoms with Crippen molar-refractivity contribution in [1.29, 1.82) is 0 Å². The van der Waals surface area contributed by atoms with Crippen LogP contribution in [0.4, 0.5) is 0 Å². The number of guanidine groups is 1. The molecular weight excluding hydrogens is 459 g/mol. The Hall–Kier alpha value is -1.26. The zero-order valence-corrected chi connectivity index (χ0v) is 19.1. The monoisotopic (exact) mass is 492 g/mol. The maximum Gasteiger partial charge on any atom is 0.191 e. The molecule has 1 heterocycles. The van der Waals surface area contributed by atoms with Gasteiger partial charge < -0.3 is 24.8 Å².